The first-order chi connectivity index (χ1) is 6.33. The first-order valence-corrected chi connectivity index (χ1v) is 4.23. The minimum Gasteiger partial charge on any atom is -0.394 e. The second-order valence-electron chi connectivity index (χ2n) is 2.02. The minimum atomic E-state index is -0.0600. The molecule has 0 rings (SSSR count). The van der Waals surface area contributed by atoms with E-state index in [-0.39, 0.29) is 26.4 Å². The molecule has 0 aliphatic heterocycles. The van der Waals surface area contributed by atoms with E-state index in [1.807, 2.05) is 0 Å². The lowest BCUT2D eigenvalue weighted by atomic mass is 10.5. The van der Waals surface area contributed by atoms with E-state index < -0.39 is 0 Å². The van der Waals surface area contributed by atoms with Crippen LogP contribution >= 0.6 is 0 Å². The summed E-state index contributed by atoms with van der Waals surface area (Å²) in [6, 6.07) is 0. The fraction of sp³-hybridized carbons (Fsp3) is 1.00. The van der Waals surface area contributed by atoms with Crippen LogP contribution in [-0.2, 0) is 9.68 Å². The molecular weight excluding hydrogens is 176 g/mol. The quantitative estimate of drug-likeness (QED) is 0.301. The van der Waals surface area contributed by atoms with Gasteiger partial charge in [-0.1, -0.05) is 12.6 Å². The molecule has 0 amide bonds. The number of rotatable bonds is 7. The molecule has 0 saturated heterocycles. The molecular formula is C7H20N2O4. The molecule has 0 aromatic heterocycles. The van der Waals surface area contributed by atoms with Crippen LogP contribution in [0.4, 0.5) is 0 Å². The van der Waals surface area contributed by atoms with Gasteiger partial charge in [-0.2, -0.15) is 0 Å². The van der Waals surface area contributed by atoms with Crippen molar-refractivity contribution in [3.05, 3.63) is 0 Å². The molecule has 0 unspecified atom stereocenters. The van der Waals surface area contributed by atoms with Gasteiger partial charge in [0.05, 0.1) is 26.4 Å². The van der Waals surface area contributed by atoms with E-state index in [4.69, 9.17) is 15.9 Å². The van der Waals surface area contributed by atoms with Crippen LogP contribution in [0.5, 0.6) is 0 Å². The lowest BCUT2D eigenvalue weighted by Gasteiger charge is -2.01. The molecule has 0 atom stereocenters. The lowest BCUT2D eigenvalue weighted by Crippen LogP contribution is -2.19. The van der Waals surface area contributed by atoms with Gasteiger partial charge in [0.1, 0.15) is 0 Å². The number of aliphatic hydroxyl groups is 2. The Labute approximate surface area is 78.5 Å². The molecule has 5 N–H and O–H groups in total. The van der Waals surface area contributed by atoms with Gasteiger partial charge >= 0.3 is 0 Å². The monoisotopic (exact) mass is 196 g/mol. The SMILES string of the molecule is CCCN.OCCONOCCO. The van der Waals surface area contributed by atoms with E-state index in [9.17, 15) is 0 Å². The molecule has 0 saturated carbocycles. The molecule has 0 spiro atoms. The average molecular weight is 196 g/mol. The third-order valence-corrected chi connectivity index (χ3v) is 0.793. The Hall–Kier alpha value is -0.240. The van der Waals surface area contributed by atoms with Crippen molar-refractivity contribution in [1.82, 2.24) is 5.64 Å². The Morgan fingerprint density at radius 2 is 1.54 bits per heavy atom. The maximum atomic E-state index is 8.15. The Kier molecular flexibility index (Phi) is 20.8. The number of nitrogens with two attached hydrogens (primary N) is 1. The highest BCUT2D eigenvalue weighted by Gasteiger charge is 1.83. The van der Waals surface area contributed by atoms with Crippen LogP contribution in [0.3, 0.4) is 0 Å². The summed E-state index contributed by atoms with van der Waals surface area (Å²) in [5.74, 6) is 0. The van der Waals surface area contributed by atoms with E-state index in [1.165, 1.54) is 0 Å². The standard InChI is InChI=1S/C4H11NO4.C3H9N/c6-1-3-8-5-9-4-2-7;1-2-3-4/h5-7H,1-4H2;2-4H2,1H3. The number of hydrogen-bond donors (Lipinski definition) is 4. The highest BCUT2D eigenvalue weighted by atomic mass is 16.9. The van der Waals surface area contributed by atoms with Crippen LogP contribution in [0, 0.1) is 0 Å². The maximum Gasteiger partial charge on any atom is 0.0940 e. The summed E-state index contributed by atoms with van der Waals surface area (Å²) < 4.78 is 0. The summed E-state index contributed by atoms with van der Waals surface area (Å²) in [6.45, 7) is 3.10. The molecule has 0 fully saturated rings. The van der Waals surface area contributed by atoms with Crippen LogP contribution < -0.4 is 11.4 Å². The number of nitrogens with one attached hydrogen (secondary N) is 1. The Bertz CT molecular complexity index is 67.5. The summed E-state index contributed by atoms with van der Waals surface area (Å²) in [4.78, 5) is 8.90. The zero-order valence-electron chi connectivity index (χ0n) is 8.03. The van der Waals surface area contributed by atoms with E-state index >= 15 is 0 Å². The largest absolute Gasteiger partial charge is 0.394 e. The first kappa shape index (κ1) is 15.2. The number of aliphatic hydroxyl groups excluding tert-OH is 2. The van der Waals surface area contributed by atoms with Crippen molar-refractivity contribution in [1.29, 1.82) is 0 Å². The first-order valence-electron chi connectivity index (χ1n) is 4.23. The molecule has 0 aliphatic rings. The minimum absolute atomic E-state index is 0.0600. The third kappa shape index (κ3) is 24.5. The van der Waals surface area contributed by atoms with Crippen molar-refractivity contribution in [3.63, 3.8) is 0 Å². The van der Waals surface area contributed by atoms with Crippen LogP contribution in [0.25, 0.3) is 0 Å². The average Bonchev–Trinajstić information content (AvgIpc) is 2.18. The molecule has 0 aromatic rings. The Morgan fingerprint density at radius 1 is 1.15 bits per heavy atom. The van der Waals surface area contributed by atoms with Crippen molar-refractivity contribution in [2.24, 2.45) is 5.73 Å². The molecule has 82 valence electrons. The van der Waals surface area contributed by atoms with Crippen molar-refractivity contribution >= 4 is 0 Å². The maximum absolute atomic E-state index is 8.15. The fourth-order valence-electron chi connectivity index (χ4n) is 0.216. The highest BCUT2D eigenvalue weighted by molar-refractivity contribution is 4.19. The number of hydrogen-bond acceptors (Lipinski definition) is 6. The lowest BCUT2D eigenvalue weighted by molar-refractivity contribution is -0.178. The molecule has 0 bridgehead atoms. The summed E-state index contributed by atoms with van der Waals surface area (Å²) in [5.41, 5.74) is 7.10. The zero-order chi connectivity index (χ0) is 10.4. The molecule has 0 heterocycles. The van der Waals surface area contributed by atoms with Crippen LogP contribution in [-0.4, -0.2) is 43.2 Å². The van der Waals surface area contributed by atoms with Crippen molar-refractivity contribution in [3.8, 4) is 0 Å². The van der Waals surface area contributed by atoms with Gasteiger partial charge in [-0.15, -0.1) is 0 Å². The van der Waals surface area contributed by atoms with E-state index in [2.05, 4.69) is 22.2 Å². The highest BCUT2D eigenvalue weighted by Crippen LogP contribution is 1.67. The van der Waals surface area contributed by atoms with Gasteiger partial charge < -0.3 is 15.9 Å². The summed E-state index contributed by atoms with van der Waals surface area (Å²) in [6.07, 6.45) is 1.10. The van der Waals surface area contributed by atoms with Gasteiger partial charge in [-0.3, -0.25) is 9.68 Å². The molecule has 0 aliphatic carbocycles. The van der Waals surface area contributed by atoms with Crippen molar-refractivity contribution < 1.29 is 19.9 Å². The van der Waals surface area contributed by atoms with Crippen LogP contribution in [0.1, 0.15) is 13.3 Å². The summed E-state index contributed by atoms with van der Waals surface area (Å²) in [5, 5.41) is 16.3. The van der Waals surface area contributed by atoms with Gasteiger partial charge in [-0.05, 0) is 13.0 Å². The topological polar surface area (TPSA) is 97.0 Å². The Morgan fingerprint density at radius 3 is 1.77 bits per heavy atom. The molecule has 13 heavy (non-hydrogen) atoms. The van der Waals surface area contributed by atoms with Crippen LogP contribution in [0.2, 0.25) is 0 Å². The van der Waals surface area contributed by atoms with Gasteiger partial charge in [0, 0.05) is 0 Å². The zero-order valence-corrected chi connectivity index (χ0v) is 8.03. The predicted molar refractivity (Wildman–Crippen MR) is 48.6 cm³/mol. The van der Waals surface area contributed by atoms with Gasteiger partial charge in [0.15, 0.2) is 0 Å². The van der Waals surface area contributed by atoms with Crippen molar-refractivity contribution in [2.45, 2.75) is 13.3 Å². The normalized spacial score (nSPS) is 9.23. The van der Waals surface area contributed by atoms with Gasteiger partial charge in [-0.25, -0.2) is 0 Å². The summed E-state index contributed by atoms with van der Waals surface area (Å²) >= 11 is 0. The molecule has 0 radical (unpaired) electrons. The predicted octanol–water partition coefficient (Wildman–Crippen LogP) is -1.22. The van der Waals surface area contributed by atoms with E-state index in [0.717, 1.165) is 13.0 Å². The second kappa shape index (κ2) is 17.7. The van der Waals surface area contributed by atoms with Gasteiger partial charge in [0.2, 0.25) is 0 Å². The Balaban J connectivity index is 0. The summed E-state index contributed by atoms with van der Waals surface area (Å²) in [7, 11) is 0. The molecule has 0 aromatic carbocycles. The van der Waals surface area contributed by atoms with Gasteiger partial charge in [0.25, 0.3) is 0 Å². The second-order valence-corrected chi connectivity index (χ2v) is 2.02. The van der Waals surface area contributed by atoms with Crippen LogP contribution in [0.15, 0.2) is 0 Å². The molecule has 6 nitrogen and oxygen atoms in total. The van der Waals surface area contributed by atoms with E-state index in [1.54, 1.807) is 0 Å². The molecule has 6 heteroatoms. The third-order valence-electron chi connectivity index (χ3n) is 0.793. The fourth-order valence-corrected chi connectivity index (χ4v) is 0.216. The smallest absolute Gasteiger partial charge is 0.0940 e. The van der Waals surface area contributed by atoms with E-state index in [0.29, 0.717) is 0 Å². The van der Waals surface area contributed by atoms with Crippen molar-refractivity contribution in [2.75, 3.05) is 33.0 Å².